The van der Waals surface area contributed by atoms with Crippen LogP contribution in [0.2, 0.25) is 0 Å². The molecule has 2 N–H and O–H groups in total. The lowest BCUT2D eigenvalue weighted by Gasteiger charge is -2.15. The van der Waals surface area contributed by atoms with Gasteiger partial charge in [0, 0.05) is 28.9 Å². The van der Waals surface area contributed by atoms with Crippen molar-refractivity contribution in [2.45, 2.75) is 18.7 Å². The number of rotatable bonds is 4. The van der Waals surface area contributed by atoms with E-state index in [2.05, 4.69) is 9.71 Å². The predicted octanol–water partition coefficient (Wildman–Crippen LogP) is 2.74. The molecule has 6 nitrogen and oxygen atoms in total. The number of hydrogen-bond acceptors (Lipinski definition) is 3. The molecule has 0 spiro atoms. The number of anilines is 2. The Kier molecular flexibility index (Phi) is 3.69. The van der Waals surface area contributed by atoms with E-state index in [1.54, 1.807) is 47.5 Å². The highest BCUT2D eigenvalue weighted by Gasteiger charge is 2.32. The van der Waals surface area contributed by atoms with Gasteiger partial charge in [-0.15, -0.1) is 0 Å². The number of carbonyl (C=O) groups excluding carboxylic acids is 1. The van der Waals surface area contributed by atoms with Gasteiger partial charge in [-0.3, -0.25) is 4.79 Å². The third-order valence-electron chi connectivity index (χ3n) is 4.55. The van der Waals surface area contributed by atoms with Crippen LogP contribution in [0, 0.1) is 6.92 Å². The highest BCUT2D eigenvalue weighted by molar-refractivity contribution is 7.93. The second kappa shape index (κ2) is 5.81. The van der Waals surface area contributed by atoms with E-state index in [0.29, 0.717) is 28.7 Å². The fourth-order valence-electron chi connectivity index (χ4n) is 3.41. The Balaban J connectivity index is 1.89. The predicted molar refractivity (Wildman–Crippen MR) is 99.8 cm³/mol. The molecule has 1 aromatic heterocycles. The molecule has 4 rings (SSSR count). The highest BCUT2D eigenvalue weighted by Crippen LogP contribution is 2.40. The zero-order valence-electron chi connectivity index (χ0n) is 14.4. The standard InChI is InChI=1S/C19H17N3O3S/c1-3-22-15-7-8-16(13-5-4-6-14(18(13)15)19(22)23)26(24,25)21-17-11-12(2)9-10-20-17/h4-11H,3H2,1-2H3,(H,20,21)/p+1. The molecular weight excluding hydrogens is 350 g/mol. The maximum absolute atomic E-state index is 13.0. The van der Waals surface area contributed by atoms with Crippen molar-refractivity contribution < 1.29 is 18.2 Å². The third kappa shape index (κ3) is 2.43. The van der Waals surface area contributed by atoms with Gasteiger partial charge in [0.05, 0.1) is 11.9 Å². The normalized spacial score (nSPS) is 13.5. The maximum Gasteiger partial charge on any atom is 0.329 e. The Morgan fingerprint density at radius 2 is 1.96 bits per heavy atom. The minimum atomic E-state index is -3.82. The maximum atomic E-state index is 13.0. The number of sulfonamides is 1. The van der Waals surface area contributed by atoms with Crippen molar-refractivity contribution in [1.82, 2.24) is 0 Å². The molecule has 0 bridgehead atoms. The fourth-order valence-corrected chi connectivity index (χ4v) is 4.63. The summed E-state index contributed by atoms with van der Waals surface area (Å²) in [6.07, 6.45) is 1.68. The van der Waals surface area contributed by atoms with Crippen molar-refractivity contribution in [1.29, 1.82) is 0 Å². The van der Waals surface area contributed by atoms with Crippen LogP contribution in [0.15, 0.2) is 53.6 Å². The second-order valence-corrected chi connectivity index (χ2v) is 7.90. The quantitative estimate of drug-likeness (QED) is 0.769. The number of carbonyl (C=O) groups is 1. The number of aromatic nitrogens is 1. The topological polar surface area (TPSA) is 80.6 Å². The minimum absolute atomic E-state index is 0.0948. The van der Waals surface area contributed by atoms with Gasteiger partial charge < -0.3 is 4.90 Å². The number of H-pyrrole nitrogens is 1. The van der Waals surface area contributed by atoms with Crippen LogP contribution in [-0.2, 0) is 10.0 Å². The SMILES string of the molecule is CCN1C(=O)c2cccc3c(S(=O)(=O)Nc4cc(C)cc[nH+]4)ccc1c23. The van der Waals surface area contributed by atoms with Crippen LogP contribution in [0.4, 0.5) is 11.5 Å². The van der Waals surface area contributed by atoms with Crippen molar-refractivity contribution in [3.05, 3.63) is 59.8 Å². The van der Waals surface area contributed by atoms with Crippen molar-refractivity contribution >= 4 is 38.2 Å². The van der Waals surface area contributed by atoms with Gasteiger partial charge in [-0.25, -0.2) is 4.98 Å². The number of nitrogens with zero attached hydrogens (tertiary/aromatic N) is 1. The van der Waals surface area contributed by atoms with E-state index in [9.17, 15) is 13.2 Å². The molecule has 0 radical (unpaired) electrons. The highest BCUT2D eigenvalue weighted by atomic mass is 32.2. The molecular formula is C19H18N3O3S+. The van der Waals surface area contributed by atoms with Crippen molar-refractivity contribution in [2.24, 2.45) is 0 Å². The summed E-state index contributed by atoms with van der Waals surface area (Å²) in [5.74, 6) is 0.294. The zero-order chi connectivity index (χ0) is 18.5. The van der Waals surface area contributed by atoms with Gasteiger partial charge in [0.2, 0.25) is 0 Å². The number of hydrogen-bond donors (Lipinski definition) is 1. The van der Waals surface area contributed by atoms with Crippen LogP contribution in [-0.4, -0.2) is 20.9 Å². The lowest BCUT2D eigenvalue weighted by atomic mass is 10.1. The van der Waals surface area contributed by atoms with Crippen LogP contribution < -0.4 is 14.6 Å². The van der Waals surface area contributed by atoms with Gasteiger partial charge in [-0.1, -0.05) is 12.1 Å². The Labute approximate surface area is 151 Å². The zero-order valence-corrected chi connectivity index (χ0v) is 15.2. The number of amides is 1. The van der Waals surface area contributed by atoms with Crippen LogP contribution in [0.5, 0.6) is 0 Å². The first kappa shape index (κ1) is 16.5. The van der Waals surface area contributed by atoms with Crippen LogP contribution in [0.25, 0.3) is 10.8 Å². The molecule has 2 aromatic carbocycles. The van der Waals surface area contributed by atoms with Crippen molar-refractivity contribution in [3.63, 3.8) is 0 Å². The first-order chi connectivity index (χ1) is 12.4. The van der Waals surface area contributed by atoms with Gasteiger partial charge in [-0.2, -0.15) is 13.1 Å². The minimum Gasteiger partial charge on any atom is -0.308 e. The van der Waals surface area contributed by atoms with E-state index in [0.717, 1.165) is 11.3 Å². The van der Waals surface area contributed by atoms with E-state index < -0.39 is 10.0 Å². The second-order valence-electron chi connectivity index (χ2n) is 6.25. The summed E-state index contributed by atoms with van der Waals surface area (Å²) in [5, 5.41) is 1.24. The van der Waals surface area contributed by atoms with E-state index >= 15 is 0 Å². The van der Waals surface area contributed by atoms with Crippen LogP contribution in [0.3, 0.4) is 0 Å². The largest absolute Gasteiger partial charge is 0.329 e. The smallest absolute Gasteiger partial charge is 0.308 e. The average Bonchev–Trinajstić information content (AvgIpc) is 2.88. The molecule has 0 aliphatic carbocycles. The Morgan fingerprint density at radius 1 is 1.15 bits per heavy atom. The number of pyridine rings is 1. The summed E-state index contributed by atoms with van der Waals surface area (Å²) >= 11 is 0. The van der Waals surface area contributed by atoms with Gasteiger partial charge in [-0.05, 0) is 43.7 Å². The molecule has 7 heteroatoms. The Bertz CT molecular complexity index is 1160. The third-order valence-corrected chi connectivity index (χ3v) is 5.98. The Hall–Kier alpha value is -2.93. The monoisotopic (exact) mass is 368 g/mol. The molecule has 132 valence electrons. The molecule has 1 aliphatic heterocycles. The summed E-state index contributed by atoms with van der Waals surface area (Å²) in [6, 6.07) is 12.0. The number of aryl methyl sites for hydroxylation is 1. The van der Waals surface area contributed by atoms with Crippen molar-refractivity contribution in [3.8, 4) is 0 Å². The first-order valence-corrected chi connectivity index (χ1v) is 9.79. The molecule has 0 saturated carbocycles. The van der Waals surface area contributed by atoms with Crippen molar-refractivity contribution in [2.75, 3.05) is 16.2 Å². The van der Waals surface area contributed by atoms with E-state index in [-0.39, 0.29) is 10.8 Å². The summed E-state index contributed by atoms with van der Waals surface area (Å²) in [5.41, 5.74) is 2.23. The molecule has 0 atom stereocenters. The molecule has 0 unspecified atom stereocenters. The van der Waals surface area contributed by atoms with E-state index in [1.165, 1.54) is 0 Å². The molecule has 0 fully saturated rings. The van der Waals surface area contributed by atoms with Gasteiger partial charge >= 0.3 is 10.0 Å². The average molecular weight is 368 g/mol. The molecule has 1 amide bonds. The molecule has 3 aromatic rings. The van der Waals surface area contributed by atoms with Crippen LogP contribution >= 0.6 is 0 Å². The number of nitrogens with one attached hydrogen (secondary N) is 2. The fraction of sp³-hybridized carbons (Fsp3) is 0.158. The Morgan fingerprint density at radius 3 is 2.69 bits per heavy atom. The summed E-state index contributed by atoms with van der Waals surface area (Å²) in [6.45, 7) is 4.32. The molecule has 0 saturated heterocycles. The summed E-state index contributed by atoms with van der Waals surface area (Å²) in [7, 11) is -3.82. The van der Waals surface area contributed by atoms with Gasteiger partial charge in [0.1, 0.15) is 4.90 Å². The van der Waals surface area contributed by atoms with Gasteiger partial charge in [0.25, 0.3) is 11.7 Å². The first-order valence-electron chi connectivity index (χ1n) is 8.31. The summed E-state index contributed by atoms with van der Waals surface area (Å²) in [4.78, 5) is 17.3. The van der Waals surface area contributed by atoms with Gasteiger partial charge in [0.15, 0.2) is 0 Å². The van der Waals surface area contributed by atoms with E-state index in [4.69, 9.17) is 0 Å². The molecule has 26 heavy (non-hydrogen) atoms. The number of benzene rings is 2. The molecule has 2 heterocycles. The van der Waals surface area contributed by atoms with E-state index in [1.807, 2.05) is 19.9 Å². The summed E-state index contributed by atoms with van der Waals surface area (Å²) < 4.78 is 28.5. The lowest BCUT2D eigenvalue weighted by Crippen LogP contribution is -2.25. The van der Waals surface area contributed by atoms with Crippen LogP contribution in [0.1, 0.15) is 22.8 Å². The lowest BCUT2D eigenvalue weighted by molar-refractivity contribution is -0.360. The number of aromatic amines is 1. The molecule has 1 aliphatic rings.